The second-order valence-corrected chi connectivity index (χ2v) is 5.02. The van der Waals surface area contributed by atoms with Gasteiger partial charge in [-0.2, -0.15) is 4.98 Å². The molecule has 0 aliphatic carbocycles. The SMILES string of the molecule is CCC(NC)c1nc(-c2ccc(C)c(Br)c2)no1. The zero-order valence-corrected chi connectivity index (χ0v) is 12.3. The third-order valence-corrected chi connectivity index (χ3v) is 3.78. The van der Waals surface area contributed by atoms with Gasteiger partial charge in [-0.25, -0.2) is 0 Å². The first-order valence-electron chi connectivity index (χ1n) is 5.93. The zero-order valence-electron chi connectivity index (χ0n) is 10.7. The third kappa shape index (κ3) is 2.62. The Morgan fingerprint density at radius 3 is 2.83 bits per heavy atom. The predicted molar refractivity (Wildman–Crippen MR) is 74.3 cm³/mol. The second kappa shape index (κ2) is 5.63. The summed E-state index contributed by atoms with van der Waals surface area (Å²) in [6.45, 7) is 4.12. The van der Waals surface area contributed by atoms with Crippen molar-refractivity contribution < 1.29 is 4.52 Å². The van der Waals surface area contributed by atoms with Crippen molar-refractivity contribution in [2.75, 3.05) is 7.05 Å². The number of aryl methyl sites for hydroxylation is 1. The Morgan fingerprint density at radius 2 is 2.22 bits per heavy atom. The van der Waals surface area contributed by atoms with Gasteiger partial charge in [0.2, 0.25) is 11.7 Å². The van der Waals surface area contributed by atoms with E-state index in [4.69, 9.17) is 4.52 Å². The third-order valence-electron chi connectivity index (χ3n) is 2.93. The van der Waals surface area contributed by atoms with E-state index in [1.165, 1.54) is 5.56 Å². The van der Waals surface area contributed by atoms with Crippen LogP contribution in [0, 0.1) is 6.92 Å². The Bertz CT molecular complexity index is 535. The topological polar surface area (TPSA) is 51.0 Å². The summed E-state index contributed by atoms with van der Waals surface area (Å²) < 4.78 is 6.34. The molecule has 1 unspecified atom stereocenters. The number of aromatic nitrogens is 2. The highest BCUT2D eigenvalue weighted by Crippen LogP contribution is 2.25. The minimum Gasteiger partial charge on any atom is -0.337 e. The van der Waals surface area contributed by atoms with Gasteiger partial charge >= 0.3 is 0 Å². The number of hydrogen-bond donors (Lipinski definition) is 1. The van der Waals surface area contributed by atoms with E-state index in [9.17, 15) is 0 Å². The summed E-state index contributed by atoms with van der Waals surface area (Å²) in [6.07, 6.45) is 0.912. The molecule has 0 fully saturated rings. The fourth-order valence-corrected chi connectivity index (χ4v) is 2.11. The summed E-state index contributed by atoms with van der Waals surface area (Å²) in [7, 11) is 1.89. The van der Waals surface area contributed by atoms with E-state index in [1.807, 2.05) is 32.2 Å². The highest BCUT2D eigenvalue weighted by atomic mass is 79.9. The van der Waals surface area contributed by atoms with E-state index in [0.29, 0.717) is 11.7 Å². The lowest BCUT2D eigenvalue weighted by Gasteiger charge is -2.06. The quantitative estimate of drug-likeness (QED) is 0.939. The van der Waals surface area contributed by atoms with Gasteiger partial charge < -0.3 is 9.84 Å². The van der Waals surface area contributed by atoms with Crippen molar-refractivity contribution in [2.45, 2.75) is 26.3 Å². The van der Waals surface area contributed by atoms with E-state index in [0.717, 1.165) is 16.5 Å². The molecule has 1 N–H and O–H groups in total. The van der Waals surface area contributed by atoms with Crippen molar-refractivity contribution in [3.63, 3.8) is 0 Å². The number of halogens is 1. The summed E-state index contributed by atoms with van der Waals surface area (Å²) in [6, 6.07) is 6.14. The lowest BCUT2D eigenvalue weighted by atomic mass is 10.1. The number of nitrogens with one attached hydrogen (secondary N) is 1. The van der Waals surface area contributed by atoms with Crippen molar-refractivity contribution in [3.8, 4) is 11.4 Å². The number of benzene rings is 1. The normalized spacial score (nSPS) is 12.7. The monoisotopic (exact) mass is 309 g/mol. The molecule has 1 aromatic heterocycles. The lowest BCUT2D eigenvalue weighted by molar-refractivity contribution is 0.334. The van der Waals surface area contributed by atoms with Crippen LogP contribution in [-0.2, 0) is 0 Å². The highest BCUT2D eigenvalue weighted by molar-refractivity contribution is 9.10. The molecule has 0 aliphatic heterocycles. The highest BCUT2D eigenvalue weighted by Gasteiger charge is 2.16. The van der Waals surface area contributed by atoms with Crippen LogP contribution in [0.5, 0.6) is 0 Å². The molecular formula is C13H16BrN3O. The molecule has 4 nitrogen and oxygen atoms in total. The van der Waals surface area contributed by atoms with E-state index in [2.05, 4.69) is 38.3 Å². The fraction of sp³-hybridized carbons (Fsp3) is 0.385. The maximum Gasteiger partial charge on any atom is 0.244 e. The lowest BCUT2D eigenvalue weighted by Crippen LogP contribution is -2.15. The summed E-state index contributed by atoms with van der Waals surface area (Å²) >= 11 is 3.51. The Hall–Kier alpha value is -1.20. The Labute approximate surface area is 115 Å². The van der Waals surface area contributed by atoms with Crippen LogP contribution in [0.3, 0.4) is 0 Å². The molecule has 2 aromatic rings. The predicted octanol–water partition coefficient (Wildman–Crippen LogP) is 3.48. The van der Waals surface area contributed by atoms with Crippen LogP contribution < -0.4 is 5.32 Å². The van der Waals surface area contributed by atoms with E-state index >= 15 is 0 Å². The van der Waals surface area contributed by atoms with Crippen LogP contribution in [0.1, 0.15) is 30.8 Å². The minimum atomic E-state index is 0.111. The molecule has 0 saturated carbocycles. The smallest absolute Gasteiger partial charge is 0.244 e. The van der Waals surface area contributed by atoms with Gasteiger partial charge in [0.15, 0.2) is 0 Å². The summed E-state index contributed by atoms with van der Waals surface area (Å²) in [5.41, 5.74) is 2.14. The van der Waals surface area contributed by atoms with Crippen molar-refractivity contribution in [3.05, 3.63) is 34.1 Å². The van der Waals surface area contributed by atoms with Crippen LogP contribution >= 0.6 is 15.9 Å². The van der Waals surface area contributed by atoms with Crippen LogP contribution in [0.25, 0.3) is 11.4 Å². The molecule has 0 bridgehead atoms. The Morgan fingerprint density at radius 1 is 1.44 bits per heavy atom. The van der Waals surface area contributed by atoms with Gasteiger partial charge in [-0.1, -0.05) is 40.1 Å². The van der Waals surface area contributed by atoms with Crippen LogP contribution in [-0.4, -0.2) is 17.2 Å². The van der Waals surface area contributed by atoms with Gasteiger partial charge in [-0.15, -0.1) is 0 Å². The van der Waals surface area contributed by atoms with Crippen molar-refractivity contribution in [1.82, 2.24) is 15.5 Å². The van der Waals surface area contributed by atoms with Crippen LogP contribution in [0.15, 0.2) is 27.2 Å². The molecule has 1 aromatic carbocycles. The standard InChI is InChI=1S/C13H16BrN3O/c1-4-11(15-3)13-16-12(17-18-13)9-6-5-8(2)10(14)7-9/h5-7,11,15H,4H2,1-3H3. The molecule has 0 radical (unpaired) electrons. The molecule has 1 heterocycles. The number of hydrogen-bond acceptors (Lipinski definition) is 4. The van der Waals surface area contributed by atoms with Gasteiger partial charge in [0.05, 0.1) is 6.04 Å². The van der Waals surface area contributed by atoms with Gasteiger partial charge in [0, 0.05) is 10.0 Å². The molecule has 0 amide bonds. The van der Waals surface area contributed by atoms with Crippen molar-refractivity contribution in [1.29, 1.82) is 0 Å². The van der Waals surface area contributed by atoms with Crippen LogP contribution in [0.2, 0.25) is 0 Å². The molecule has 5 heteroatoms. The fourth-order valence-electron chi connectivity index (χ4n) is 1.73. The summed E-state index contributed by atoms with van der Waals surface area (Å²) in [5, 5.41) is 7.17. The number of nitrogens with zero attached hydrogens (tertiary/aromatic N) is 2. The van der Waals surface area contributed by atoms with E-state index < -0.39 is 0 Å². The maximum absolute atomic E-state index is 5.29. The molecule has 96 valence electrons. The number of rotatable bonds is 4. The average molecular weight is 310 g/mol. The van der Waals surface area contributed by atoms with E-state index in [1.54, 1.807) is 0 Å². The minimum absolute atomic E-state index is 0.111. The summed E-state index contributed by atoms with van der Waals surface area (Å²) in [5.74, 6) is 1.26. The van der Waals surface area contributed by atoms with Gasteiger partial charge in [0.1, 0.15) is 0 Å². The molecular weight excluding hydrogens is 294 g/mol. The molecule has 2 rings (SSSR count). The second-order valence-electron chi connectivity index (χ2n) is 4.17. The van der Waals surface area contributed by atoms with Crippen LogP contribution in [0.4, 0.5) is 0 Å². The Balaban J connectivity index is 2.31. The first-order valence-corrected chi connectivity index (χ1v) is 6.72. The van der Waals surface area contributed by atoms with Gasteiger partial charge in [-0.3, -0.25) is 0 Å². The maximum atomic E-state index is 5.29. The van der Waals surface area contributed by atoms with Crippen molar-refractivity contribution in [2.24, 2.45) is 0 Å². The first kappa shape index (κ1) is 13.2. The van der Waals surface area contributed by atoms with Crippen molar-refractivity contribution >= 4 is 15.9 Å². The van der Waals surface area contributed by atoms with Gasteiger partial charge in [-0.05, 0) is 32.0 Å². The molecule has 0 saturated heterocycles. The molecule has 0 aliphatic rings. The molecule has 0 spiro atoms. The molecule has 1 atom stereocenters. The Kier molecular flexibility index (Phi) is 4.14. The van der Waals surface area contributed by atoms with E-state index in [-0.39, 0.29) is 6.04 Å². The van der Waals surface area contributed by atoms with Gasteiger partial charge in [0.25, 0.3) is 0 Å². The summed E-state index contributed by atoms with van der Waals surface area (Å²) in [4.78, 5) is 4.43. The largest absolute Gasteiger partial charge is 0.337 e. The molecule has 18 heavy (non-hydrogen) atoms. The first-order chi connectivity index (χ1) is 8.65. The zero-order chi connectivity index (χ0) is 13.1. The average Bonchev–Trinajstić information content (AvgIpc) is 2.84.